The van der Waals surface area contributed by atoms with Gasteiger partial charge in [0.1, 0.15) is 5.75 Å². The third-order valence-corrected chi connectivity index (χ3v) is 5.35. The summed E-state index contributed by atoms with van der Waals surface area (Å²) in [6.07, 6.45) is 0. The van der Waals surface area contributed by atoms with Gasteiger partial charge in [-0.3, -0.25) is 9.59 Å². The molecule has 0 fully saturated rings. The molecule has 0 aliphatic carbocycles. The SMILES string of the molecule is CCOc1ccc(NC(=O)CSc2ccc(NC(=O)c3ccccc3C(=O)O)cc2)cc1. The highest BCUT2D eigenvalue weighted by Crippen LogP contribution is 2.22. The van der Waals surface area contributed by atoms with E-state index in [2.05, 4.69) is 10.6 Å². The third-order valence-electron chi connectivity index (χ3n) is 4.33. The molecule has 3 N–H and O–H groups in total. The summed E-state index contributed by atoms with van der Waals surface area (Å²) in [5.41, 5.74) is 1.25. The molecule has 0 unspecified atom stereocenters. The van der Waals surface area contributed by atoms with E-state index < -0.39 is 11.9 Å². The van der Waals surface area contributed by atoms with Gasteiger partial charge in [-0.2, -0.15) is 0 Å². The zero-order chi connectivity index (χ0) is 22.9. The van der Waals surface area contributed by atoms with Gasteiger partial charge in [0.25, 0.3) is 5.91 Å². The molecule has 3 rings (SSSR count). The van der Waals surface area contributed by atoms with Crippen molar-refractivity contribution in [3.8, 4) is 5.75 Å². The van der Waals surface area contributed by atoms with Gasteiger partial charge in [-0.1, -0.05) is 12.1 Å². The third kappa shape index (κ3) is 6.36. The van der Waals surface area contributed by atoms with Crippen molar-refractivity contribution in [3.63, 3.8) is 0 Å². The van der Waals surface area contributed by atoms with Crippen LogP contribution in [0.2, 0.25) is 0 Å². The van der Waals surface area contributed by atoms with Crippen molar-refractivity contribution in [2.75, 3.05) is 23.0 Å². The number of nitrogens with one attached hydrogen (secondary N) is 2. The Morgan fingerprint density at radius 2 is 1.44 bits per heavy atom. The van der Waals surface area contributed by atoms with Crippen LogP contribution in [0.25, 0.3) is 0 Å². The van der Waals surface area contributed by atoms with Gasteiger partial charge in [0.05, 0.1) is 23.5 Å². The number of benzene rings is 3. The molecule has 0 saturated heterocycles. The summed E-state index contributed by atoms with van der Waals surface area (Å²) < 4.78 is 5.38. The van der Waals surface area contributed by atoms with E-state index in [0.717, 1.165) is 10.6 Å². The van der Waals surface area contributed by atoms with Crippen LogP contribution in [0.5, 0.6) is 5.75 Å². The van der Waals surface area contributed by atoms with Crippen LogP contribution in [0.4, 0.5) is 11.4 Å². The highest BCUT2D eigenvalue weighted by Gasteiger charge is 2.15. The van der Waals surface area contributed by atoms with E-state index in [4.69, 9.17) is 4.74 Å². The van der Waals surface area contributed by atoms with Crippen LogP contribution in [-0.4, -0.2) is 35.2 Å². The van der Waals surface area contributed by atoms with Crippen molar-refractivity contribution < 1.29 is 24.2 Å². The van der Waals surface area contributed by atoms with E-state index >= 15 is 0 Å². The fourth-order valence-corrected chi connectivity index (χ4v) is 3.55. The summed E-state index contributed by atoms with van der Waals surface area (Å²) in [5.74, 6) is -0.824. The molecule has 32 heavy (non-hydrogen) atoms. The molecule has 7 nitrogen and oxygen atoms in total. The van der Waals surface area contributed by atoms with Crippen LogP contribution in [0, 0.1) is 0 Å². The lowest BCUT2D eigenvalue weighted by molar-refractivity contribution is -0.113. The Balaban J connectivity index is 1.52. The maximum absolute atomic E-state index is 12.4. The number of hydrogen-bond donors (Lipinski definition) is 3. The second kappa shape index (κ2) is 11.0. The monoisotopic (exact) mass is 450 g/mol. The normalized spacial score (nSPS) is 10.3. The molecule has 0 heterocycles. The van der Waals surface area contributed by atoms with E-state index in [1.807, 2.05) is 6.92 Å². The summed E-state index contributed by atoms with van der Waals surface area (Å²) in [6.45, 7) is 2.49. The quantitative estimate of drug-likeness (QED) is 0.406. The lowest BCUT2D eigenvalue weighted by atomic mass is 10.1. The lowest BCUT2D eigenvalue weighted by Crippen LogP contribution is -2.16. The molecule has 2 amide bonds. The molecule has 0 bridgehead atoms. The minimum absolute atomic E-state index is 0.0595. The number of rotatable bonds is 9. The number of amides is 2. The average molecular weight is 451 g/mol. The molecule has 0 saturated carbocycles. The Labute approximate surface area is 189 Å². The largest absolute Gasteiger partial charge is 0.494 e. The van der Waals surface area contributed by atoms with Gasteiger partial charge < -0.3 is 20.5 Å². The average Bonchev–Trinajstić information content (AvgIpc) is 2.80. The van der Waals surface area contributed by atoms with Crippen LogP contribution in [0.15, 0.2) is 77.7 Å². The predicted molar refractivity (Wildman–Crippen MR) is 125 cm³/mol. The first kappa shape index (κ1) is 22.9. The fourth-order valence-electron chi connectivity index (χ4n) is 2.85. The molecule has 0 spiro atoms. The van der Waals surface area contributed by atoms with E-state index in [-0.39, 0.29) is 22.8 Å². The molecule has 3 aromatic carbocycles. The molecule has 0 aliphatic heterocycles. The number of ether oxygens (including phenoxy) is 1. The first-order valence-corrected chi connectivity index (χ1v) is 10.8. The number of aromatic carboxylic acids is 1. The van der Waals surface area contributed by atoms with Crippen LogP contribution >= 0.6 is 11.8 Å². The topological polar surface area (TPSA) is 105 Å². The Morgan fingerprint density at radius 3 is 2.06 bits per heavy atom. The molecular formula is C24H22N2O5S. The highest BCUT2D eigenvalue weighted by molar-refractivity contribution is 8.00. The maximum atomic E-state index is 12.4. The minimum atomic E-state index is -1.16. The van der Waals surface area contributed by atoms with Gasteiger partial charge in [-0.15, -0.1) is 11.8 Å². The number of carboxylic acid groups (broad SMARTS) is 1. The molecule has 164 valence electrons. The first-order chi connectivity index (χ1) is 15.5. The Kier molecular flexibility index (Phi) is 7.88. The Hall–Kier alpha value is -3.78. The van der Waals surface area contributed by atoms with Crippen molar-refractivity contribution in [2.45, 2.75) is 11.8 Å². The highest BCUT2D eigenvalue weighted by atomic mass is 32.2. The zero-order valence-corrected chi connectivity index (χ0v) is 18.1. The van der Waals surface area contributed by atoms with Crippen LogP contribution < -0.4 is 15.4 Å². The van der Waals surface area contributed by atoms with Crippen molar-refractivity contribution >= 4 is 40.9 Å². The smallest absolute Gasteiger partial charge is 0.336 e. The molecule has 8 heteroatoms. The van der Waals surface area contributed by atoms with Crippen LogP contribution in [0.3, 0.4) is 0 Å². The predicted octanol–water partition coefficient (Wildman–Crippen LogP) is 4.77. The van der Waals surface area contributed by atoms with Gasteiger partial charge >= 0.3 is 5.97 Å². The van der Waals surface area contributed by atoms with Crippen molar-refractivity contribution in [3.05, 3.63) is 83.9 Å². The van der Waals surface area contributed by atoms with E-state index in [1.165, 1.54) is 23.9 Å². The van der Waals surface area contributed by atoms with Crippen LogP contribution in [0.1, 0.15) is 27.6 Å². The number of anilines is 2. The second-order valence-electron chi connectivity index (χ2n) is 6.62. The van der Waals surface area contributed by atoms with Gasteiger partial charge in [0.15, 0.2) is 0 Å². The number of carboxylic acids is 1. The van der Waals surface area contributed by atoms with E-state index in [9.17, 15) is 19.5 Å². The summed E-state index contributed by atoms with van der Waals surface area (Å²) in [4.78, 5) is 36.8. The molecular weight excluding hydrogens is 428 g/mol. The fraction of sp³-hybridized carbons (Fsp3) is 0.125. The first-order valence-electron chi connectivity index (χ1n) is 9.85. The van der Waals surface area contributed by atoms with Gasteiger partial charge in [0, 0.05) is 16.3 Å². The number of hydrogen-bond acceptors (Lipinski definition) is 5. The number of thioether (sulfide) groups is 1. The van der Waals surface area contributed by atoms with Crippen LogP contribution in [-0.2, 0) is 4.79 Å². The van der Waals surface area contributed by atoms with Crippen molar-refractivity contribution in [1.29, 1.82) is 0 Å². The number of carbonyl (C=O) groups excluding carboxylic acids is 2. The molecule has 0 atom stereocenters. The number of carbonyl (C=O) groups is 3. The summed E-state index contributed by atoms with van der Waals surface area (Å²) in [7, 11) is 0. The summed E-state index contributed by atoms with van der Waals surface area (Å²) >= 11 is 1.36. The molecule has 0 aromatic heterocycles. The van der Waals surface area contributed by atoms with E-state index in [1.54, 1.807) is 60.7 Å². The summed E-state index contributed by atoms with van der Waals surface area (Å²) in [6, 6.07) is 20.2. The van der Waals surface area contributed by atoms with Crippen molar-refractivity contribution in [2.24, 2.45) is 0 Å². The standard InChI is InChI=1S/C24H22N2O5S/c1-2-31-18-11-7-16(8-12-18)25-22(27)15-32-19-13-9-17(10-14-19)26-23(28)20-5-3-4-6-21(20)24(29)30/h3-14H,2,15H2,1H3,(H,25,27)(H,26,28)(H,29,30). The Bertz CT molecular complexity index is 1100. The molecule has 3 aromatic rings. The van der Waals surface area contributed by atoms with Gasteiger partial charge in [0.2, 0.25) is 5.91 Å². The van der Waals surface area contributed by atoms with E-state index in [0.29, 0.717) is 18.0 Å². The van der Waals surface area contributed by atoms with Gasteiger partial charge in [-0.25, -0.2) is 4.79 Å². The minimum Gasteiger partial charge on any atom is -0.494 e. The molecule has 0 aliphatic rings. The zero-order valence-electron chi connectivity index (χ0n) is 17.3. The lowest BCUT2D eigenvalue weighted by Gasteiger charge is -2.09. The molecule has 0 radical (unpaired) electrons. The summed E-state index contributed by atoms with van der Waals surface area (Å²) in [5, 5.41) is 14.7. The maximum Gasteiger partial charge on any atom is 0.336 e. The van der Waals surface area contributed by atoms with Gasteiger partial charge in [-0.05, 0) is 67.6 Å². The second-order valence-corrected chi connectivity index (χ2v) is 7.67. The Morgan fingerprint density at radius 1 is 0.844 bits per heavy atom. The van der Waals surface area contributed by atoms with Crippen molar-refractivity contribution in [1.82, 2.24) is 0 Å².